The third kappa shape index (κ3) is 5.71. The zero-order valence-corrected chi connectivity index (χ0v) is 15.8. The molecule has 0 unspecified atom stereocenters. The van der Waals surface area contributed by atoms with Crippen molar-refractivity contribution in [1.82, 2.24) is 0 Å². The molecule has 1 fully saturated rings. The van der Waals surface area contributed by atoms with Gasteiger partial charge in [-0.15, -0.1) is 11.8 Å². The zero-order chi connectivity index (χ0) is 18.2. The zero-order valence-electron chi connectivity index (χ0n) is 15.8. The molecule has 0 bridgehead atoms. The van der Waals surface area contributed by atoms with Gasteiger partial charge in [-0.25, -0.2) is 0 Å². The van der Waals surface area contributed by atoms with Gasteiger partial charge in [-0.2, -0.15) is 0 Å². The maximum absolute atomic E-state index is 10.4. The molecule has 2 aliphatic rings. The van der Waals surface area contributed by atoms with Gasteiger partial charge < -0.3 is 15.9 Å². The first kappa shape index (κ1) is 20.2. The molecule has 4 N–H and O–H groups in total. The van der Waals surface area contributed by atoms with Crippen molar-refractivity contribution in [1.29, 1.82) is 0 Å². The Morgan fingerprint density at radius 2 is 2.16 bits per heavy atom. The second-order valence-electron chi connectivity index (χ2n) is 7.82. The highest BCUT2D eigenvalue weighted by Gasteiger charge is 2.43. The Balaban J connectivity index is 1.86. The highest BCUT2D eigenvalue weighted by molar-refractivity contribution is 5.21. The summed E-state index contributed by atoms with van der Waals surface area (Å²) in [5.74, 6) is 7.21. The van der Waals surface area contributed by atoms with Crippen LogP contribution in [0.3, 0.4) is 0 Å². The lowest BCUT2D eigenvalue weighted by Crippen LogP contribution is -2.19. The van der Waals surface area contributed by atoms with Crippen molar-refractivity contribution in [3.05, 3.63) is 23.8 Å². The van der Waals surface area contributed by atoms with Crippen molar-refractivity contribution in [2.75, 3.05) is 6.54 Å². The summed E-state index contributed by atoms with van der Waals surface area (Å²) in [6, 6.07) is 0. The van der Waals surface area contributed by atoms with Gasteiger partial charge in [0.15, 0.2) is 0 Å². The summed E-state index contributed by atoms with van der Waals surface area (Å²) in [6.45, 7) is 4.63. The lowest BCUT2D eigenvalue weighted by atomic mass is 9.88. The molecule has 2 rings (SSSR count). The molecule has 1 saturated carbocycles. The molecule has 3 heteroatoms. The van der Waals surface area contributed by atoms with Gasteiger partial charge in [-0.1, -0.05) is 37.1 Å². The molecular formula is C22H35NO2. The van der Waals surface area contributed by atoms with Gasteiger partial charge in [-0.05, 0) is 63.3 Å². The number of hydrogen-bond donors (Lipinski definition) is 3. The van der Waals surface area contributed by atoms with Gasteiger partial charge in [0, 0.05) is 12.3 Å². The maximum atomic E-state index is 10.4. The van der Waals surface area contributed by atoms with Crippen LogP contribution < -0.4 is 5.73 Å². The van der Waals surface area contributed by atoms with Crippen LogP contribution in [0.2, 0.25) is 0 Å². The Morgan fingerprint density at radius 1 is 1.36 bits per heavy atom. The van der Waals surface area contributed by atoms with Gasteiger partial charge in [0.05, 0.1) is 12.2 Å². The molecule has 25 heavy (non-hydrogen) atoms. The van der Waals surface area contributed by atoms with Gasteiger partial charge in [-0.3, -0.25) is 0 Å². The molecule has 0 spiro atoms. The quantitative estimate of drug-likeness (QED) is 0.341. The van der Waals surface area contributed by atoms with Gasteiger partial charge in [0.1, 0.15) is 0 Å². The number of rotatable bonds is 9. The van der Waals surface area contributed by atoms with E-state index in [2.05, 4.69) is 24.0 Å². The van der Waals surface area contributed by atoms with Crippen molar-refractivity contribution < 1.29 is 10.2 Å². The summed E-state index contributed by atoms with van der Waals surface area (Å²) in [6.07, 6.45) is 13.0. The van der Waals surface area contributed by atoms with Crippen LogP contribution in [0.25, 0.3) is 0 Å². The average molecular weight is 346 g/mol. The van der Waals surface area contributed by atoms with E-state index in [4.69, 9.17) is 5.73 Å². The Kier molecular flexibility index (Phi) is 8.22. The van der Waals surface area contributed by atoms with E-state index < -0.39 is 6.10 Å². The average Bonchev–Trinajstić information content (AvgIpc) is 3.11. The first-order valence-corrected chi connectivity index (χ1v) is 9.90. The molecule has 0 radical (unpaired) electrons. The molecule has 2 aliphatic carbocycles. The molecule has 3 nitrogen and oxygen atoms in total. The summed E-state index contributed by atoms with van der Waals surface area (Å²) >= 11 is 0. The molecule has 140 valence electrons. The number of allylic oxidation sites excluding steroid dienone is 2. The third-order valence-corrected chi connectivity index (χ3v) is 5.87. The Labute approximate surface area is 153 Å². The number of hydrogen-bond acceptors (Lipinski definition) is 3. The van der Waals surface area contributed by atoms with E-state index in [1.54, 1.807) is 5.57 Å². The predicted octanol–water partition coefficient (Wildman–Crippen LogP) is 3.42. The fourth-order valence-electron chi connectivity index (χ4n) is 4.28. The summed E-state index contributed by atoms with van der Waals surface area (Å²) in [5, 5.41) is 20.7. The van der Waals surface area contributed by atoms with E-state index >= 15 is 0 Å². The van der Waals surface area contributed by atoms with Crippen molar-refractivity contribution in [2.24, 2.45) is 29.4 Å². The first-order valence-electron chi connectivity index (χ1n) is 9.90. The largest absolute Gasteiger partial charge is 0.392 e. The number of aliphatic hydroxyl groups is 2. The smallest absolute Gasteiger partial charge is 0.0755 e. The number of fused-ring (bicyclic) bond motifs is 1. The van der Waals surface area contributed by atoms with E-state index in [0.717, 1.165) is 25.8 Å². The lowest BCUT2D eigenvalue weighted by molar-refractivity contribution is 0.137. The van der Waals surface area contributed by atoms with Crippen molar-refractivity contribution >= 4 is 0 Å². The topological polar surface area (TPSA) is 66.5 Å². The molecular weight excluding hydrogens is 310 g/mol. The second kappa shape index (κ2) is 10.2. The van der Waals surface area contributed by atoms with Crippen LogP contribution in [0.5, 0.6) is 0 Å². The summed E-state index contributed by atoms with van der Waals surface area (Å²) < 4.78 is 0. The SMILES string of the molecule is CC#CC[C@H](C)[C@H](O)/C=C/[C@@H]1[C@H]2CC(CCCCCN)=C[C@H]2C[C@H]1O. The van der Waals surface area contributed by atoms with Crippen molar-refractivity contribution in [2.45, 2.75) is 71.0 Å². The van der Waals surface area contributed by atoms with Crippen LogP contribution in [-0.2, 0) is 0 Å². The fourth-order valence-corrected chi connectivity index (χ4v) is 4.28. The fraction of sp³-hybridized carbons (Fsp3) is 0.727. The Morgan fingerprint density at radius 3 is 2.88 bits per heavy atom. The number of nitrogens with two attached hydrogens (primary N) is 1. The number of aliphatic hydroxyl groups excluding tert-OH is 2. The predicted molar refractivity (Wildman–Crippen MR) is 104 cm³/mol. The molecule has 0 saturated heterocycles. The molecule has 0 aliphatic heterocycles. The van der Waals surface area contributed by atoms with Crippen molar-refractivity contribution in [3.8, 4) is 11.8 Å². The maximum Gasteiger partial charge on any atom is 0.0755 e. The van der Waals surface area contributed by atoms with Crippen LogP contribution in [0.4, 0.5) is 0 Å². The van der Waals surface area contributed by atoms with E-state index in [0.29, 0.717) is 18.3 Å². The molecule has 6 atom stereocenters. The molecule has 0 aromatic rings. The van der Waals surface area contributed by atoms with Gasteiger partial charge in [0.25, 0.3) is 0 Å². The molecule has 0 amide bonds. The summed E-state index contributed by atoms with van der Waals surface area (Å²) in [7, 11) is 0. The third-order valence-electron chi connectivity index (χ3n) is 5.87. The Hall–Kier alpha value is -1.08. The van der Waals surface area contributed by atoms with Crippen LogP contribution in [0.1, 0.15) is 58.8 Å². The standard InChI is InChI=1S/C22H35NO2/c1-3-4-8-16(2)21(24)11-10-19-20-14-17(9-6-5-7-12-23)13-18(20)15-22(19)25/h10-11,13,16,18-22,24-25H,5-9,12,14-15,23H2,1-2H3/b11-10+/t16-,18-,19+,20-,21+,22+/m0/s1. The Bertz CT molecular complexity index is 528. The van der Waals surface area contributed by atoms with Gasteiger partial charge in [0.2, 0.25) is 0 Å². The van der Waals surface area contributed by atoms with Crippen LogP contribution in [0, 0.1) is 35.5 Å². The first-order chi connectivity index (χ1) is 12.1. The van der Waals surface area contributed by atoms with E-state index in [1.165, 1.54) is 19.3 Å². The second-order valence-corrected chi connectivity index (χ2v) is 7.82. The minimum absolute atomic E-state index is 0.123. The van der Waals surface area contributed by atoms with Crippen LogP contribution >= 0.6 is 0 Å². The van der Waals surface area contributed by atoms with Crippen molar-refractivity contribution in [3.63, 3.8) is 0 Å². The molecule has 0 aromatic heterocycles. The van der Waals surface area contributed by atoms with Crippen LogP contribution in [0.15, 0.2) is 23.8 Å². The monoisotopic (exact) mass is 345 g/mol. The van der Waals surface area contributed by atoms with E-state index in [1.807, 2.05) is 19.9 Å². The minimum Gasteiger partial charge on any atom is -0.392 e. The normalized spacial score (nSPS) is 30.7. The van der Waals surface area contributed by atoms with E-state index in [9.17, 15) is 10.2 Å². The molecule has 0 aromatic carbocycles. The lowest BCUT2D eigenvalue weighted by Gasteiger charge is -2.20. The minimum atomic E-state index is -0.489. The highest BCUT2D eigenvalue weighted by atomic mass is 16.3. The molecule has 0 heterocycles. The van der Waals surface area contributed by atoms with Crippen LogP contribution in [-0.4, -0.2) is 29.0 Å². The summed E-state index contributed by atoms with van der Waals surface area (Å²) in [4.78, 5) is 0. The highest BCUT2D eigenvalue weighted by Crippen LogP contribution is 2.48. The van der Waals surface area contributed by atoms with Gasteiger partial charge >= 0.3 is 0 Å². The summed E-state index contributed by atoms with van der Waals surface area (Å²) in [5.41, 5.74) is 7.12. The van der Waals surface area contributed by atoms with E-state index in [-0.39, 0.29) is 17.9 Å². The number of unbranched alkanes of at least 4 members (excludes halogenated alkanes) is 2.